The lowest BCUT2D eigenvalue weighted by Gasteiger charge is -2.29. The fourth-order valence-electron chi connectivity index (χ4n) is 2.42. The summed E-state index contributed by atoms with van der Waals surface area (Å²) in [4.78, 5) is 2.56. The van der Waals surface area contributed by atoms with Crippen LogP contribution < -0.4 is 0 Å². The van der Waals surface area contributed by atoms with Crippen LogP contribution in [0.3, 0.4) is 0 Å². The molecule has 16 heavy (non-hydrogen) atoms. The van der Waals surface area contributed by atoms with Crippen LogP contribution in [0, 0.1) is 12.8 Å². The Morgan fingerprint density at radius 2 is 2.06 bits per heavy atom. The van der Waals surface area contributed by atoms with Gasteiger partial charge in [-0.2, -0.15) is 5.10 Å². The first kappa shape index (κ1) is 11.6. The van der Waals surface area contributed by atoms with Gasteiger partial charge in [0.05, 0.1) is 6.20 Å². The highest BCUT2D eigenvalue weighted by molar-refractivity contribution is 5.15. The molecule has 0 atom stereocenters. The average Bonchev–Trinajstić information content (AvgIpc) is 2.63. The van der Waals surface area contributed by atoms with Crippen LogP contribution in [0.2, 0.25) is 0 Å². The Bertz CT molecular complexity index is 335. The molecule has 0 aliphatic carbocycles. The van der Waals surface area contributed by atoms with Crippen molar-refractivity contribution < 1.29 is 0 Å². The third kappa shape index (κ3) is 2.46. The first-order chi connectivity index (χ1) is 7.70. The van der Waals surface area contributed by atoms with Gasteiger partial charge >= 0.3 is 0 Å². The second-order valence-corrected chi connectivity index (χ2v) is 5.03. The van der Waals surface area contributed by atoms with Crippen molar-refractivity contribution in [2.75, 3.05) is 13.1 Å². The predicted octanol–water partition coefficient (Wildman–Crippen LogP) is 2.44. The van der Waals surface area contributed by atoms with Crippen LogP contribution in [0.15, 0.2) is 6.20 Å². The smallest absolute Gasteiger partial charge is 0.0537 e. The van der Waals surface area contributed by atoms with Crippen LogP contribution in [0.4, 0.5) is 0 Å². The molecule has 0 N–H and O–H groups in total. The van der Waals surface area contributed by atoms with E-state index in [1.807, 2.05) is 6.20 Å². The summed E-state index contributed by atoms with van der Waals surface area (Å²) >= 11 is 0. The van der Waals surface area contributed by atoms with Gasteiger partial charge in [0.25, 0.3) is 0 Å². The summed E-state index contributed by atoms with van der Waals surface area (Å²) in [5.41, 5.74) is 2.73. The molecule has 1 aliphatic rings. The number of hydrogen-bond donors (Lipinski definition) is 0. The normalized spacial score (nSPS) is 19.2. The maximum atomic E-state index is 4.40. The van der Waals surface area contributed by atoms with E-state index in [2.05, 4.69) is 35.5 Å². The van der Waals surface area contributed by atoms with Crippen molar-refractivity contribution in [1.82, 2.24) is 14.7 Å². The van der Waals surface area contributed by atoms with Crippen molar-refractivity contribution in [1.29, 1.82) is 0 Å². The molecular weight excluding hydrogens is 198 g/mol. The minimum Gasteiger partial charge on any atom is -0.299 e. The van der Waals surface area contributed by atoms with Crippen molar-refractivity contribution >= 4 is 0 Å². The summed E-state index contributed by atoms with van der Waals surface area (Å²) in [6.45, 7) is 11.2. The van der Waals surface area contributed by atoms with E-state index >= 15 is 0 Å². The van der Waals surface area contributed by atoms with Crippen LogP contribution in [0.5, 0.6) is 0 Å². The molecule has 1 aromatic heterocycles. The fourth-order valence-corrected chi connectivity index (χ4v) is 2.42. The van der Waals surface area contributed by atoms with E-state index in [4.69, 9.17) is 0 Å². The van der Waals surface area contributed by atoms with Crippen molar-refractivity contribution in [3.8, 4) is 0 Å². The summed E-state index contributed by atoms with van der Waals surface area (Å²) in [7, 11) is 0. The number of aryl methyl sites for hydroxylation is 1. The molecule has 2 rings (SSSR count). The number of likely N-dealkylation sites (tertiary alicyclic amines) is 1. The van der Waals surface area contributed by atoms with Crippen molar-refractivity contribution in [2.24, 2.45) is 5.92 Å². The zero-order valence-electron chi connectivity index (χ0n) is 10.7. The van der Waals surface area contributed by atoms with Gasteiger partial charge in [0, 0.05) is 24.3 Å². The van der Waals surface area contributed by atoms with Gasteiger partial charge in [-0.25, -0.2) is 0 Å². The molecule has 0 aromatic carbocycles. The highest BCUT2D eigenvalue weighted by atomic mass is 15.3. The molecule has 1 aromatic rings. The van der Waals surface area contributed by atoms with E-state index in [-0.39, 0.29) is 0 Å². The molecule has 0 amide bonds. The minimum absolute atomic E-state index is 0.913. The predicted molar refractivity (Wildman–Crippen MR) is 66.3 cm³/mol. The lowest BCUT2D eigenvalue weighted by molar-refractivity contribution is 0.185. The molecule has 0 unspecified atom stereocenters. The third-order valence-corrected chi connectivity index (χ3v) is 3.77. The molecule has 0 bridgehead atoms. The molecule has 0 spiro atoms. The summed E-state index contributed by atoms with van der Waals surface area (Å²) in [5.74, 6) is 0.913. The molecule has 1 aliphatic heterocycles. The highest BCUT2D eigenvalue weighted by Crippen LogP contribution is 2.19. The van der Waals surface area contributed by atoms with Gasteiger partial charge in [-0.1, -0.05) is 6.92 Å². The second-order valence-electron chi connectivity index (χ2n) is 5.03. The van der Waals surface area contributed by atoms with Crippen molar-refractivity contribution in [2.45, 2.75) is 46.7 Å². The average molecular weight is 221 g/mol. The Hall–Kier alpha value is -0.830. The summed E-state index contributed by atoms with van der Waals surface area (Å²) in [5, 5.41) is 4.40. The third-order valence-electron chi connectivity index (χ3n) is 3.77. The van der Waals surface area contributed by atoms with E-state index in [9.17, 15) is 0 Å². The summed E-state index contributed by atoms with van der Waals surface area (Å²) < 4.78 is 2.09. The van der Waals surface area contributed by atoms with Crippen LogP contribution in [-0.4, -0.2) is 27.8 Å². The monoisotopic (exact) mass is 221 g/mol. The number of hydrogen-bond acceptors (Lipinski definition) is 2. The van der Waals surface area contributed by atoms with Gasteiger partial charge in [0.1, 0.15) is 0 Å². The molecule has 0 saturated carbocycles. The van der Waals surface area contributed by atoms with Gasteiger partial charge in [-0.15, -0.1) is 0 Å². The number of rotatable bonds is 3. The summed E-state index contributed by atoms with van der Waals surface area (Å²) in [6.07, 6.45) is 4.73. The fraction of sp³-hybridized carbons (Fsp3) is 0.769. The number of piperidine rings is 1. The van der Waals surface area contributed by atoms with Gasteiger partial charge in [-0.05, 0) is 45.7 Å². The van der Waals surface area contributed by atoms with Gasteiger partial charge in [0.15, 0.2) is 0 Å². The Kier molecular flexibility index (Phi) is 3.64. The minimum atomic E-state index is 0.913. The van der Waals surface area contributed by atoms with Crippen LogP contribution in [0.25, 0.3) is 0 Å². The zero-order chi connectivity index (χ0) is 11.5. The Balaban J connectivity index is 1.96. The van der Waals surface area contributed by atoms with Gasteiger partial charge in [0.2, 0.25) is 0 Å². The Labute approximate surface area is 98.4 Å². The summed E-state index contributed by atoms with van der Waals surface area (Å²) in [6, 6.07) is 0. The van der Waals surface area contributed by atoms with Gasteiger partial charge < -0.3 is 0 Å². The van der Waals surface area contributed by atoms with E-state index in [0.29, 0.717) is 0 Å². The molecule has 0 radical (unpaired) electrons. The van der Waals surface area contributed by atoms with Crippen LogP contribution in [-0.2, 0) is 13.1 Å². The van der Waals surface area contributed by atoms with Crippen molar-refractivity contribution in [3.63, 3.8) is 0 Å². The SMILES string of the molecule is CCn1ncc(CN2CCC(C)CC2)c1C. The largest absolute Gasteiger partial charge is 0.299 e. The molecule has 1 saturated heterocycles. The second kappa shape index (κ2) is 5.00. The van der Waals surface area contributed by atoms with Crippen molar-refractivity contribution in [3.05, 3.63) is 17.5 Å². The lowest BCUT2D eigenvalue weighted by Crippen LogP contribution is -2.32. The standard InChI is InChI=1S/C13H23N3/c1-4-16-12(3)13(9-14-16)10-15-7-5-11(2)6-8-15/h9,11H,4-8,10H2,1-3H3. The molecule has 3 heteroatoms. The molecule has 1 fully saturated rings. The van der Waals surface area contributed by atoms with E-state index in [0.717, 1.165) is 19.0 Å². The molecule has 2 heterocycles. The van der Waals surface area contributed by atoms with E-state index < -0.39 is 0 Å². The van der Waals surface area contributed by atoms with Crippen LogP contribution in [0.1, 0.15) is 37.9 Å². The first-order valence-corrected chi connectivity index (χ1v) is 6.44. The zero-order valence-corrected chi connectivity index (χ0v) is 10.7. The van der Waals surface area contributed by atoms with E-state index in [1.165, 1.54) is 37.2 Å². The van der Waals surface area contributed by atoms with Gasteiger partial charge in [-0.3, -0.25) is 9.58 Å². The van der Waals surface area contributed by atoms with E-state index in [1.54, 1.807) is 0 Å². The lowest BCUT2D eigenvalue weighted by atomic mass is 9.99. The molecular formula is C13H23N3. The molecule has 90 valence electrons. The van der Waals surface area contributed by atoms with Crippen LogP contribution >= 0.6 is 0 Å². The maximum Gasteiger partial charge on any atom is 0.0537 e. The number of aromatic nitrogens is 2. The maximum absolute atomic E-state index is 4.40. The Morgan fingerprint density at radius 3 is 2.62 bits per heavy atom. The molecule has 3 nitrogen and oxygen atoms in total. The Morgan fingerprint density at radius 1 is 1.38 bits per heavy atom. The first-order valence-electron chi connectivity index (χ1n) is 6.44. The quantitative estimate of drug-likeness (QED) is 0.781. The number of nitrogens with zero attached hydrogens (tertiary/aromatic N) is 3. The topological polar surface area (TPSA) is 21.1 Å². The highest BCUT2D eigenvalue weighted by Gasteiger charge is 2.17.